The number of nitrogens with zero attached hydrogens (tertiary/aromatic N) is 1. The molecule has 1 N–H and O–H groups in total. The lowest BCUT2D eigenvalue weighted by molar-refractivity contribution is -0.166. The van der Waals surface area contributed by atoms with Crippen LogP contribution in [0.3, 0.4) is 0 Å². The van der Waals surface area contributed by atoms with Crippen LogP contribution in [0.5, 0.6) is 0 Å². The number of oxime groups is 1. The molecular weight excluding hydrogens is 546 g/mol. The second-order valence-corrected chi connectivity index (χ2v) is 15.0. The van der Waals surface area contributed by atoms with Gasteiger partial charge in [-0.05, 0) is 83.7 Å². The second-order valence-electron chi connectivity index (χ2n) is 15.0. The van der Waals surface area contributed by atoms with E-state index in [-0.39, 0.29) is 51.5 Å². The molecule has 5 aliphatic carbocycles. The highest BCUT2D eigenvalue weighted by atomic mass is 16.6. The molecule has 238 valence electrons. The number of hydrogen-bond acceptors (Lipinski definition) is 8. The van der Waals surface area contributed by atoms with Crippen molar-refractivity contribution in [1.82, 2.24) is 0 Å². The van der Waals surface area contributed by atoms with E-state index >= 15 is 0 Å². The van der Waals surface area contributed by atoms with Crippen LogP contribution in [0.4, 0.5) is 0 Å². The molecular formula is C35H51NO7. The first-order valence-electron chi connectivity index (χ1n) is 16.1. The number of aliphatic hydroxyl groups excluding tert-OH is 1. The van der Waals surface area contributed by atoms with Crippen molar-refractivity contribution in [1.29, 1.82) is 0 Å². The van der Waals surface area contributed by atoms with E-state index in [2.05, 4.69) is 44.7 Å². The van der Waals surface area contributed by atoms with Gasteiger partial charge in [0.15, 0.2) is 11.9 Å². The molecule has 12 atom stereocenters. The van der Waals surface area contributed by atoms with Crippen LogP contribution in [0, 0.1) is 57.2 Å². The van der Waals surface area contributed by atoms with Crippen molar-refractivity contribution in [2.45, 2.75) is 99.2 Å². The van der Waals surface area contributed by atoms with E-state index in [1.165, 1.54) is 20.3 Å². The molecule has 0 aromatic rings. The summed E-state index contributed by atoms with van der Waals surface area (Å²) in [6.07, 6.45) is 9.28. The van der Waals surface area contributed by atoms with Gasteiger partial charge in [0.1, 0.15) is 13.2 Å². The summed E-state index contributed by atoms with van der Waals surface area (Å²) in [5.41, 5.74) is 1.22. The van der Waals surface area contributed by atoms with E-state index in [1.807, 2.05) is 6.92 Å². The Morgan fingerprint density at radius 2 is 1.81 bits per heavy atom. The van der Waals surface area contributed by atoms with Crippen LogP contribution >= 0.6 is 0 Å². The Morgan fingerprint density at radius 1 is 1.12 bits per heavy atom. The lowest BCUT2D eigenvalue weighted by atomic mass is 9.43. The molecule has 0 aromatic heterocycles. The molecule has 0 radical (unpaired) electrons. The van der Waals surface area contributed by atoms with Crippen LogP contribution in [0.15, 0.2) is 29.5 Å². The van der Waals surface area contributed by atoms with Crippen molar-refractivity contribution < 1.29 is 33.8 Å². The Hall–Kier alpha value is -2.48. The first-order chi connectivity index (χ1) is 20.1. The van der Waals surface area contributed by atoms with Gasteiger partial charge in [0, 0.05) is 44.1 Å². The van der Waals surface area contributed by atoms with E-state index in [9.17, 15) is 19.5 Å². The number of Topliss-reactive ketones (excluding diaryl/α,β-unsaturated/α-hetero) is 1. The Morgan fingerprint density at radius 3 is 2.42 bits per heavy atom. The maximum atomic E-state index is 13.8. The van der Waals surface area contributed by atoms with Crippen LogP contribution in [0.25, 0.3) is 0 Å². The van der Waals surface area contributed by atoms with E-state index in [4.69, 9.17) is 14.3 Å². The predicted molar refractivity (Wildman–Crippen MR) is 163 cm³/mol. The van der Waals surface area contributed by atoms with Crippen molar-refractivity contribution in [2.24, 2.45) is 62.3 Å². The predicted octanol–water partition coefficient (Wildman–Crippen LogP) is 5.68. The zero-order valence-corrected chi connectivity index (χ0v) is 27.3. The quantitative estimate of drug-likeness (QED) is 0.207. The normalized spacial score (nSPS) is 43.7. The Labute approximate surface area is 256 Å². The number of carbonyl (C=O) groups excluding carboxylic acids is 3. The van der Waals surface area contributed by atoms with Gasteiger partial charge in [-0.2, -0.15) is 0 Å². The zero-order valence-electron chi connectivity index (χ0n) is 27.3. The van der Waals surface area contributed by atoms with Crippen molar-refractivity contribution in [3.63, 3.8) is 0 Å². The summed E-state index contributed by atoms with van der Waals surface area (Å²) < 4.78 is 11.9. The SMILES string of the molecule is C=C(C(=O)[C@H](OC(C)=O)[C@@H](C)[C@H]1[C@@H](OC(C)=O)C[C@@]2(C)[C@@H]3CC[C@H]4[C@H](C)/C(=N\OC)C=C[C@@]45C[C@@]35CC[C@]12C)[C@@H](C)CO. The molecule has 5 aliphatic rings. The summed E-state index contributed by atoms with van der Waals surface area (Å²) in [5, 5.41) is 14.0. The Kier molecular flexibility index (Phi) is 8.06. The third kappa shape index (κ3) is 4.47. The maximum absolute atomic E-state index is 13.8. The van der Waals surface area contributed by atoms with Gasteiger partial charge in [-0.15, -0.1) is 0 Å². The minimum atomic E-state index is -1.07. The highest BCUT2D eigenvalue weighted by Crippen LogP contribution is 2.87. The fourth-order valence-electron chi connectivity index (χ4n) is 11.2. The number of ether oxygens (including phenoxy) is 2. The largest absolute Gasteiger partial charge is 0.462 e. The number of carbonyl (C=O) groups is 3. The van der Waals surface area contributed by atoms with Crippen molar-refractivity contribution in [2.75, 3.05) is 13.7 Å². The Bertz CT molecular complexity index is 1260. The fraction of sp³-hybridized carbons (Fsp3) is 0.771. The minimum Gasteiger partial charge on any atom is -0.462 e. The number of hydrogen-bond donors (Lipinski definition) is 1. The van der Waals surface area contributed by atoms with Crippen LogP contribution in [-0.2, 0) is 28.7 Å². The van der Waals surface area contributed by atoms with Crippen LogP contribution < -0.4 is 0 Å². The maximum Gasteiger partial charge on any atom is 0.303 e. The average molecular weight is 598 g/mol. The number of ketones is 1. The van der Waals surface area contributed by atoms with Gasteiger partial charge in [-0.3, -0.25) is 14.4 Å². The van der Waals surface area contributed by atoms with Gasteiger partial charge >= 0.3 is 11.9 Å². The molecule has 0 heterocycles. The fourth-order valence-corrected chi connectivity index (χ4v) is 11.2. The molecule has 43 heavy (non-hydrogen) atoms. The topological polar surface area (TPSA) is 111 Å². The highest BCUT2D eigenvalue weighted by molar-refractivity contribution is 6.00. The number of rotatable bonds is 9. The van der Waals surface area contributed by atoms with Crippen LogP contribution in [0.1, 0.15) is 87.0 Å². The van der Waals surface area contributed by atoms with Gasteiger partial charge < -0.3 is 19.4 Å². The third-order valence-corrected chi connectivity index (χ3v) is 13.3. The molecule has 8 nitrogen and oxygen atoms in total. The van der Waals surface area contributed by atoms with Gasteiger partial charge in [0.05, 0.1) is 5.71 Å². The molecule has 2 spiro atoms. The molecule has 0 saturated heterocycles. The lowest BCUT2D eigenvalue weighted by Gasteiger charge is -2.61. The highest BCUT2D eigenvalue weighted by Gasteiger charge is 2.81. The third-order valence-electron chi connectivity index (χ3n) is 13.3. The molecule has 4 fully saturated rings. The molecule has 0 unspecified atom stereocenters. The summed E-state index contributed by atoms with van der Waals surface area (Å²) in [6, 6.07) is 0. The van der Waals surface area contributed by atoms with E-state index in [1.54, 1.807) is 14.0 Å². The number of aliphatic hydroxyl groups is 1. The first-order valence-corrected chi connectivity index (χ1v) is 16.1. The van der Waals surface area contributed by atoms with E-state index in [0.29, 0.717) is 17.8 Å². The van der Waals surface area contributed by atoms with E-state index < -0.39 is 30.0 Å². The van der Waals surface area contributed by atoms with Crippen molar-refractivity contribution in [3.05, 3.63) is 24.3 Å². The molecule has 8 heteroatoms. The first kappa shape index (κ1) is 31.9. The summed E-state index contributed by atoms with van der Waals surface area (Å²) in [7, 11) is 1.61. The summed E-state index contributed by atoms with van der Waals surface area (Å²) in [6.45, 7) is 17.2. The van der Waals surface area contributed by atoms with Crippen molar-refractivity contribution in [3.8, 4) is 0 Å². The molecule has 5 rings (SSSR count). The summed E-state index contributed by atoms with van der Waals surface area (Å²) >= 11 is 0. The lowest BCUT2D eigenvalue weighted by Crippen LogP contribution is -2.56. The zero-order chi connectivity index (χ0) is 31.7. The average Bonchev–Trinajstić information content (AvgIpc) is 3.55. The standard InChI is InChI=1S/C35H51NO7/c1-19(17-37)20(2)30(40)31(43-24(6)39)22(4)29-27(42-23(5)38)16-33(8)28-11-10-25-21(3)26(36-41-9)12-13-34(25)18-35(28,34)15-14-32(29,33)7/h12-13,19,21-22,25,27-29,31,37H,2,10-11,14-18H2,1,3-9H3/b36-26-/t19-,21-,22-,25-,27-,28-,29-,31+,32+,33-,34+,35-/m0/s1. The van der Waals surface area contributed by atoms with E-state index in [0.717, 1.165) is 37.8 Å². The van der Waals surface area contributed by atoms with Gasteiger partial charge in [0.2, 0.25) is 0 Å². The number of esters is 2. The minimum absolute atomic E-state index is 0.143. The van der Waals surface area contributed by atoms with Crippen molar-refractivity contribution >= 4 is 23.4 Å². The van der Waals surface area contributed by atoms with Gasteiger partial charge in [-0.25, -0.2) is 0 Å². The van der Waals surface area contributed by atoms with Crippen LogP contribution in [-0.4, -0.2) is 54.5 Å². The van der Waals surface area contributed by atoms with Gasteiger partial charge in [0.25, 0.3) is 0 Å². The number of allylic oxidation sites excluding steroid dienone is 2. The monoisotopic (exact) mass is 597 g/mol. The van der Waals surface area contributed by atoms with Gasteiger partial charge in [-0.1, -0.05) is 52.4 Å². The van der Waals surface area contributed by atoms with Crippen LogP contribution in [0.2, 0.25) is 0 Å². The molecule has 0 aromatic carbocycles. The smallest absolute Gasteiger partial charge is 0.303 e. The Balaban J connectivity index is 1.53. The molecule has 4 saturated carbocycles. The molecule has 0 bridgehead atoms. The number of fused-ring (bicyclic) bond motifs is 2. The second kappa shape index (κ2) is 10.8. The summed E-state index contributed by atoms with van der Waals surface area (Å²) in [4.78, 5) is 43.8. The molecule has 0 aliphatic heterocycles. The molecule has 0 amide bonds. The summed E-state index contributed by atoms with van der Waals surface area (Å²) in [5.74, 6) is -1.01.